The van der Waals surface area contributed by atoms with Crippen LogP contribution in [0, 0.1) is 5.92 Å². The molecule has 1 unspecified atom stereocenters. The Morgan fingerprint density at radius 2 is 1.87 bits per heavy atom. The number of benzene rings is 1. The molecule has 30 heavy (non-hydrogen) atoms. The maximum absolute atomic E-state index is 12.7. The summed E-state index contributed by atoms with van der Waals surface area (Å²) in [6.07, 6.45) is 3.31. The van der Waals surface area contributed by atoms with Gasteiger partial charge in [-0.2, -0.15) is 0 Å². The second-order valence-corrected chi connectivity index (χ2v) is 8.62. The number of ketones is 1. The summed E-state index contributed by atoms with van der Waals surface area (Å²) in [5.41, 5.74) is 1.91. The second-order valence-electron chi connectivity index (χ2n) is 8.62. The molecule has 166 valence electrons. The first-order chi connectivity index (χ1) is 13.9. The lowest BCUT2D eigenvalue weighted by atomic mass is 9.99. The van der Waals surface area contributed by atoms with Crippen LogP contribution in [0.2, 0.25) is 0 Å². The maximum atomic E-state index is 12.7. The first-order valence-corrected chi connectivity index (χ1v) is 10.8. The van der Waals surface area contributed by atoms with Crippen molar-refractivity contribution in [3.8, 4) is 0 Å². The van der Waals surface area contributed by atoms with E-state index in [2.05, 4.69) is 19.2 Å². The molecule has 1 aromatic rings. The van der Waals surface area contributed by atoms with Crippen LogP contribution in [0.5, 0.6) is 0 Å². The van der Waals surface area contributed by atoms with Crippen molar-refractivity contribution in [2.45, 2.75) is 52.0 Å². The summed E-state index contributed by atoms with van der Waals surface area (Å²) in [6.45, 7) is 7.55. The van der Waals surface area contributed by atoms with E-state index in [4.69, 9.17) is 0 Å². The molecular formula is C23H34ClN3O3. The predicted octanol–water partition coefficient (Wildman–Crippen LogP) is 2.69. The molecule has 2 amide bonds. The van der Waals surface area contributed by atoms with Crippen LogP contribution in [0.3, 0.4) is 0 Å². The molecular weight excluding hydrogens is 402 g/mol. The number of hydrogen-bond donors (Lipinski definition) is 1. The Balaban J connectivity index is 0.00000320. The first kappa shape index (κ1) is 24.4. The molecule has 0 saturated carbocycles. The third-order valence-electron chi connectivity index (χ3n) is 5.80. The van der Waals surface area contributed by atoms with Crippen molar-refractivity contribution in [1.29, 1.82) is 0 Å². The number of amides is 2. The summed E-state index contributed by atoms with van der Waals surface area (Å²) in [4.78, 5) is 41.1. The third kappa shape index (κ3) is 6.54. The molecule has 1 atom stereocenters. The van der Waals surface area contributed by atoms with Gasteiger partial charge in [-0.1, -0.05) is 38.1 Å². The van der Waals surface area contributed by atoms with Crippen molar-refractivity contribution >= 4 is 30.0 Å². The number of Topliss-reactive ketones (excluding diaryl/α,β-unsaturated/α-hetero) is 1. The maximum Gasteiger partial charge on any atom is 0.236 e. The molecule has 1 N–H and O–H groups in total. The number of piperidine rings is 1. The van der Waals surface area contributed by atoms with Gasteiger partial charge < -0.3 is 15.1 Å². The van der Waals surface area contributed by atoms with Crippen LogP contribution in [0.4, 0.5) is 0 Å². The van der Waals surface area contributed by atoms with E-state index >= 15 is 0 Å². The molecule has 2 aliphatic rings. The highest BCUT2D eigenvalue weighted by Gasteiger charge is 2.31. The Morgan fingerprint density at radius 1 is 1.13 bits per heavy atom. The van der Waals surface area contributed by atoms with Crippen LogP contribution >= 0.6 is 12.4 Å². The average Bonchev–Trinajstić information content (AvgIpc) is 2.72. The molecule has 6 nitrogen and oxygen atoms in total. The molecule has 3 rings (SSSR count). The van der Waals surface area contributed by atoms with Crippen molar-refractivity contribution in [2.75, 3.05) is 32.7 Å². The molecule has 0 bridgehead atoms. The van der Waals surface area contributed by atoms with Crippen molar-refractivity contribution in [3.63, 3.8) is 0 Å². The Kier molecular flexibility index (Phi) is 9.31. The van der Waals surface area contributed by atoms with Gasteiger partial charge in [0.2, 0.25) is 11.8 Å². The van der Waals surface area contributed by atoms with Crippen LogP contribution in [0.15, 0.2) is 24.3 Å². The van der Waals surface area contributed by atoms with Gasteiger partial charge in [-0.3, -0.25) is 14.4 Å². The zero-order chi connectivity index (χ0) is 20.8. The van der Waals surface area contributed by atoms with Crippen molar-refractivity contribution < 1.29 is 14.4 Å². The van der Waals surface area contributed by atoms with E-state index in [9.17, 15) is 14.4 Å². The topological polar surface area (TPSA) is 69.7 Å². The van der Waals surface area contributed by atoms with E-state index in [1.807, 2.05) is 34.1 Å². The summed E-state index contributed by atoms with van der Waals surface area (Å²) in [5, 5.41) is 3.09. The van der Waals surface area contributed by atoms with Gasteiger partial charge in [0.15, 0.2) is 5.78 Å². The van der Waals surface area contributed by atoms with Gasteiger partial charge in [-0.25, -0.2) is 0 Å². The fourth-order valence-corrected chi connectivity index (χ4v) is 4.26. The van der Waals surface area contributed by atoms with E-state index in [0.29, 0.717) is 37.7 Å². The highest BCUT2D eigenvalue weighted by atomic mass is 35.5. The smallest absolute Gasteiger partial charge is 0.236 e. The Hall–Kier alpha value is -1.92. The minimum atomic E-state index is 0. The van der Waals surface area contributed by atoms with Gasteiger partial charge in [0.25, 0.3) is 0 Å². The minimum Gasteiger partial charge on any atom is -0.341 e. The molecule has 0 aromatic heterocycles. The number of nitrogens with one attached hydrogen (secondary N) is 1. The third-order valence-corrected chi connectivity index (χ3v) is 5.80. The van der Waals surface area contributed by atoms with Crippen molar-refractivity contribution in [3.05, 3.63) is 35.4 Å². The van der Waals surface area contributed by atoms with Crippen LogP contribution in [-0.2, 0) is 16.0 Å². The SMILES string of the molecule is CC(C)Cc1ccc(C(=O)CCC(=O)N2CCCC(N3CCNCC3=O)C2)cc1.Cl. The second kappa shape index (κ2) is 11.5. The Bertz CT molecular complexity index is 736. The van der Waals surface area contributed by atoms with Crippen LogP contribution < -0.4 is 5.32 Å². The molecule has 7 heteroatoms. The lowest BCUT2D eigenvalue weighted by Gasteiger charge is -2.41. The van der Waals surface area contributed by atoms with E-state index < -0.39 is 0 Å². The molecule has 1 aromatic carbocycles. The standard InChI is InChI=1S/C23H33N3O3.ClH/c1-17(2)14-18-5-7-19(8-6-18)21(27)9-10-22(28)25-12-3-4-20(16-25)26-13-11-24-15-23(26)29;/h5-8,17,20,24H,3-4,9-16H2,1-2H3;1H. The van der Waals surface area contributed by atoms with Crippen LogP contribution in [0.25, 0.3) is 0 Å². The normalized spacial score (nSPS) is 19.6. The highest BCUT2D eigenvalue weighted by molar-refractivity contribution is 5.98. The number of likely N-dealkylation sites (tertiary alicyclic amines) is 1. The fraction of sp³-hybridized carbons (Fsp3) is 0.609. The largest absolute Gasteiger partial charge is 0.341 e. The number of hydrogen-bond acceptors (Lipinski definition) is 4. The minimum absolute atomic E-state index is 0. The molecule has 0 aliphatic carbocycles. The highest BCUT2D eigenvalue weighted by Crippen LogP contribution is 2.19. The Labute approximate surface area is 185 Å². The van der Waals surface area contributed by atoms with Gasteiger partial charge in [0.1, 0.15) is 0 Å². The number of rotatable bonds is 7. The summed E-state index contributed by atoms with van der Waals surface area (Å²) >= 11 is 0. The molecule has 2 saturated heterocycles. The van der Waals surface area contributed by atoms with Gasteiger partial charge in [0, 0.05) is 50.6 Å². The lowest BCUT2D eigenvalue weighted by molar-refractivity contribution is -0.140. The molecule has 2 fully saturated rings. The molecule has 2 heterocycles. The molecule has 2 aliphatic heterocycles. The summed E-state index contributed by atoms with van der Waals surface area (Å²) in [6, 6.07) is 7.87. The number of carbonyl (C=O) groups is 3. The number of carbonyl (C=O) groups excluding carboxylic acids is 3. The van der Waals surface area contributed by atoms with E-state index in [1.54, 1.807) is 0 Å². The van der Waals surface area contributed by atoms with E-state index in [0.717, 1.165) is 25.8 Å². The number of nitrogens with zero attached hydrogens (tertiary/aromatic N) is 2. The van der Waals surface area contributed by atoms with E-state index in [-0.39, 0.29) is 48.9 Å². The summed E-state index contributed by atoms with van der Waals surface area (Å²) < 4.78 is 0. The van der Waals surface area contributed by atoms with E-state index in [1.165, 1.54) is 5.56 Å². The van der Waals surface area contributed by atoms with Gasteiger partial charge in [0.05, 0.1) is 6.54 Å². The monoisotopic (exact) mass is 435 g/mol. The molecule has 0 spiro atoms. The number of piperazine rings is 1. The van der Waals surface area contributed by atoms with Gasteiger partial charge in [-0.05, 0) is 30.7 Å². The van der Waals surface area contributed by atoms with Gasteiger partial charge in [-0.15, -0.1) is 12.4 Å². The van der Waals surface area contributed by atoms with Crippen molar-refractivity contribution in [1.82, 2.24) is 15.1 Å². The molecule has 0 radical (unpaired) electrons. The average molecular weight is 436 g/mol. The fourth-order valence-electron chi connectivity index (χ4n) is 4.26. The predicted molar refractivity (Wildman–Crippen MR) is 120 cm³/mol. The number of halogens is 1. The van der Waals surface area contributed by atoms with Crippen LogP contribution in [-0.4, -0.2) is 66.2 Å². The van der Waals surface area contributed by atoms with Crippen molar-refractivity contribution in [2.24, 2.45) is 5.92 Å². The van der Waals surface area contributed by atoms with Gasteiger partial charge >= 0.3 is 0 Å². The first-order valence-electron chi connectivity index (χ1n) is 10.8. The zero-order valence-corrected chi connectivity index (χ0v) is 18.9. The summed E-state index contributed by atoms with van der Waals surface area (Å²) in [5.74, 6) is 0.730. The quantitative estimate of drug-likeness (QED) is 0.668. The summed E-state index contributed by atoms with van der Waals surface area (Å²) in [7, 11) is 0. The lowest BCUT2D eigenvalue weighted by Crippen LogP contribution is -2.57. The van der Waals surface area contributed by atoms with Crippen LogP contribution in [0.1, 0.15) is 55.5 Å². The zero-order valence-electron chi connectivity index (χ0n) is 18.1. The Morgan fingerprint density at radius 3 is 2.53 bits per heavy atom.